The van der Waals surface area contributed by atoms with Crippen molar-refractivity contribution in [3.05, 3.63) is 29.8 Å². The van der Waals surface area contributed by atoms with E-state index in [9.17, 15) is 9.59 Å². The van der Waals surface area contributed by atoms with E-state index in [0.717, 1.165) is 0 Å². The Hall–Kier alpha value is -1.55. The van der Waals surface area contributed by atoms with Gasteiger partial charge < -0.3 is 9.47 Å². The third kappa shape index (κ3) is 2.74. The maximum absolute atomic E-state index is 11.1. The highest BCUT2D eigenvalue weighted by molar-refractivity contribution is 6.61. The summed E-state index contributed by atoms with van der Waals surface area (Å²) in [6, 6.07) is 5.97. The van der Waals surface area contributed by atoms with Crippen LogP contribution in [-0.2, 0) is 4.74 Å². The van der Waals surface area contributed by atoms with Crippen LogP contribution in [0.25, 0.3) is 0 Å². The van der Waals surface area contributed by atoms with Crippen molar-refractivity contribution in [1.82, 2.24) is 0 Å². The molecule has 0 aromatic heterocycles. The van der Waals surface area contributed by atoms with Crippen molar-refractivity contribution in [2.75, 3.05) is 7.11 Å². The van der Waals surface area contributed by atoms with Crippen molar-refractivity contribution < 1.29 is 19.1 Å². The molecular formula is C9H7ClO4. The van der Waals surface area contributed by atoms with Gasteiger partial charge in [0.2, 0.25) is 0 Å². The summed E-state index contributed by atoms with van der Waals surface area (Å²) in [5.74, 6) is -0.301. The molecule has 0 saturated heterocycles. The fourth-order valence-electron chi connectivity index (χ4n) is 0.897. The molecule has 1 aromatic carbocycles. The van der Waals surface area contributed by atoms with Gasteiger partial charge in [0.25, 0.3) is 0 Å². The molecule has 0 atom stereocenters. The van der Waals surface area contributed by atoms with E-state index in [1.165, 1.54) is 25.3 Å². The van der Waals surface area contributed by atoms with E-state index in [-0.39, 0.29) is 5.75 Å². The summed E-state index contributed by atoms with van der Waals surface area (Å²) in [5.41, 5.74) is -0.657. The van der Waals surface area contributed by atoms with Gasteiger partial charge in [0.15, 0.2) is 0 Å². The first-order chi connectivity index (χ1) is 6.63. The summed E-state index contributed by atoms with van der Waals surface area (Å²) in [5, 5.41) is 0. The first-order valence-electron chi connectivity index (χ1n) is 3.69. The molecule has 0 bridgehead atoms. The average Bonchev–Trinajstić information content (AvgIpc) is 2.16. The monoisotopic (exact) mass is 214 g/mol. The Morgan fingerprint density at radius 1 is 1.36 bits per heavy atom. The highest BCUT2D eigenvalue weighted by atomic mass is 35.5. The predicted molar refractivity (Wildman–Crippen MR) is 49.7 cm³/mol. The zero-order chi connectivity index (χ0) is 10.6. The molecule has 0 heterocycles. The first kappa shape index (κ1) is 10.5. The highest BCUT2D eigenvalue weighted by Crippen LogP contribution is 2.14. The van der Waals surface area contributed by atoms with Gasteiger partial charge in [0.1, 0.15) is 5.75 Å². The molecule has 0 radical (unpaired) electrons. The van der Waals surface area contributed by atoms with Crippen LogP contribution < -0.4 is 4.74 Å². The Kier molecular flexibility index (Phi) is 3.48. The summed E-state index contributed by atoms with van der Waals surface area (Å²) in [6.45, 7) is 0. The minimum atomic E-state index is -0.952. The van der Waals surface area contributed by atoms with Crippen molar-refractivity contribution in [3.8, 4) is 5.75 Å². The molecule has 5 heteroatoms. The van der Waals surface area contributed by atoms with Gasteiger partial charge in [-0.15, -0.1) is 0 Å². The minimum absolute atomic E-state index is 0.202. The number of halogens is 1. The molecule has 0 unspecified atom stereocenters. The number of methoxy groups -OCH3 is 1. The van der Waals surface area contributed by atoms with Crippen molar-refractivity contribution in [1.29, 1.82) is 0 Å². The lowest BCUT2D eigenvalue weighted by Crippen LogP contribution is -2.02. The van der Waals surface area contributed by atoms with E-state index < -0.39 is 11.4 Å². The third-order valence-electron chi connectivity index (χ3n) is 1.45. The Labute approximate surface area is 85.4 Å². The lowest BCUT2D eigenvalue weighted by Gasteiger charge is -2.02. The molecule has 1 rings (SSSR count). The molecule has 0 fully saturated rings. The van der Waals surface area contributed by atoms with Crippen LogP contribution in [-0.4, -0.2) is 18.5 Å². The molecule has 14 heavy (non-hydrogen) atoms. The van der Waals surface area contributed by atoms with Gasteiger partial charge in [0.05, 0.1) is 12.7 Å². The number of benzene rings is 1. The number of carbonyl (C=O) groups excluding carboxylic acids is 2. The summed E-state index contributed by atoms with van der Waals surface area (Å²) in [4.78, 5) is 21.4. The van der Waals surface area contributed by atoms with E-state index >= 15 is 0 Å². The quantitative estimate of drug-likeness (QED) is 0.560. The van der Waals surface area contributed by atoms with Crippen molar-refractivity contribution in [2.24, 2.45) is 0 Å². The largest absolute Gasteiger partial charge is 0.465 e. The molecule has 0 aliphatic heterocycles. The zero-order valence-electron chi connectivity index (χ0n) is 7.32. The Morgan fingerprint density at radius 3 is 2.64 bits per heavy atom. The normalized spacial score (nSPS) is 9.29. The van der Waals surface area contributed by atoms with Gasteiger partial charge in [-0.1, -0.05) is 6.07 Å². The van der Waals surface area contributed by atoms with Crippen molar-refractivity contribution in [3.63, 3.8) is 0 Å². The van der Waals surface area contributed by atoms with Gasteiger partial charge in [-0.2, -0.15) is 0 Å². The standard InChI is InChI=1S/C9H7ClO4/c1-13-8(11)6-3-2-4-7(5-6)14-9(10)12/h2-5H,1H3. The van der Waals surface area contributed by atoms with Gasteiger partial charge in [-0.05, 0) is 18.2 Å². The second-order valence-electron chi connectivity index (χ2n) is 2.36. The Balaban J connectivity index is 2.89. The predicted octanol–water partition coefficient (Wildman–Crippen LogP) is 2.21. The van der Waals surface area contributed by atoms with E-state index in [1.54, 1.807) is 6.07 Å². The Bertz CT molecular complexity index is 362. The van der Waals surface area contributed by atoms with Gasteiger partial charge in [0, 0.05) is 11.6 Å². The van der Waals surface area contributed by atoms with Crippen LogP contribution in [0.15, 0.2) is 24.3 Å². The maximum atomic E-state index is 11.1. The maximum Gasteiger partial charge on any atom is 0.409 e. The van der Waals surface area contributed by atoms with E-state index in [4.69, 9.17) is 11.6 Å². The molecule has 4 nitrogen and oxygen atoms in total. The SMILES string of the molecule is COC(=O)c1cccc(OC(=O)Cl)c1. The van der Waals surface area contributed by atoms with E-state index in [1.807, 2.05) is 0 Å². The average molecular weight is 215 g/mol. The molecule has 0 aliphatic rings. The number of rotatable bonds is 2. The number of ether oxygens (including phenoxy) is 2. The van der Waals surface area contributed by atoms with Crippen molar-refractivity contribution >= 4 is 23.0 Å². The van der Waals surface area contributed by atoms with Crippen LogP contribution >= 0.6 is 11.6 Å². The van der Waals surface area contributed by atoms with Gasteiger partial charge >= 0.3 is 11.4 Å². The molecule has 74 valence electrons. The van der Waals surface area contributed by atoms with Crippen LogP contribution in [0.1, 0.15) is 10.4 Å². The number of carbonyl (C=O) groups is 2. The van der Waals surface area contributed by atoms with Gasteiger partial charge in [-0.25, -0.2) is 9.59 Å². The molecule has 0 aliphatic carbocycles. The smallest absolute Gasteiger partial charge is 0.409 e. The summed E-state index contributed by atoms with van der Waals surface area (Å²) in [7, 11) is 1.27. The molecule has 0 amide bonds. The summed E-state index contributed by atoms with van der Waals surface area (Å²) < 4.78 is 9.05. The second-order valence-corrected chi connectivity index (χ2v) is 2.67. The third-order valence-corrected chi connectivity index (χ3v) is 1.53. The zero-order valence-corrected chi connectivity index (χ0v) is 8.08. The lowest BCUT2D eigenvalue weighted by molar-refractivity contribution is 0.0600. The number of hydrogen-bond acceptors (Lipinski definition) is 4. The minimum Gasteiger partial charge on any atom is -0.465 e. The van der Waals surface area contributed by atoms with Crippen LogP contribution in [0.2, 0.25) is 0 Å². The summed E-state index contributed by atoms with van der Waals surface area (Å²) in [6.07, 6.45) is 0. The fourth-order valence-corrected chi connectivity index (χ4v) is 0.986. The van der Waals surface area contributed by atoms with E-state index in [0.29, 0.717) is 5.56 Å². The lowest BCUT2D eigenvalue weighted by atomic mass is 10.2. The number of esters is 1. The van der Waals surface area contributed by atoms with Crippen LogP contribution in [0, 0.1) is 0 Å². The van der Waals surface area contributed by atoms with Crippen LogP contribution in [0.5, 0.6) is 5.75 Å². The molecular weight excluding hydrogens is 208 g/mol. The van der Waals surface area contributed by atoms with E-state index in [2.05, 4.69) is 9.47 Å². The molecule has 1 aromatic rings. The molecule has 0 spiro atoms. The van der Waals surface area contributed by atoms with Crippen LogP contribution in [0.4, 0.5) is 4.79 Å². The topological polar surface area (TPSA) is 52.6 Å². The Morgan fingerprint density at radius 2 is 2.07 bits per heavy atom. The van der Waals surface area contributed by atoms with Crippen molar-refractivity contribution in [2.45, 2.75) is 0 Å². The van der Waals surface area contributed by atoms with Gasteiger partial charge in [-0.3, -0.25) is 0 Å². The fraction of sp³-hybridized carbons (Fsp3) is 0.111. The first-order valence-corrected chi connectivity index (χ1v) is 4.07. The highest BCUT2D eigenvalue weighted by Gasteiger charge is 2.07. The molecule has 0 N–H and O–H groups in total. The van der Waals surface area contributed by atoms with Crippen LogP contribution in [0.3, 0.4) is 0 Å². The molecule has 0 saturated carbocycles. The summed E-state index contributed by atoms with van der Waals surface area (Å²) >= 11 is 5.00. The number of hydrogen-bond donors (Lipinski definition) is 0. The second kappa shape index (κ2) is 4.62.